The summed E-state index contributed by atoms with van der Waals surface area (Å²) in [6, 6.07) is 2.65. The Kier molecular flexibility index (Phi) is 6.22. The van der Waals surface area contributed by atoms with Crippen LogP contribution < -0.4 is 5.32 Å². The first kappa shape index (κ1) is 14.2. The maximum atomic E-state index is 5.66. The van der Waals surface area contributed by atoms with E-state index in [1.807, 2.05) is 11.6 Å². The zero-order chi connectivity index (χ0) is 12.7. The summed E-state index contributed by atoms with van der Waals surface area (Å²) in [5, 5.41) is 7.76. The van der Waals surface area contributed by atoms with E-state index < -0.39 is 0 Å². The number of hydrogen-bond acceptors (Lipinski definition) is 3. The normalized spacial score (nSPS) is 11.4. The van der Waals surface area contributed by atoms with Gasteiger partial charge in [0.05, 0.1) is 18.0 Å². The van der Waals surface area contributed by atoms with Crippen molar-refractivity contribution in [3.05, 3.63) is 17.5 Å². The van der Waals surface area contributed by atoms with Crippen LogP contribution in [-0.2, 0) is 17.9 Å². The zero-order valence-electron chi connectivity index (χ0n) is 11.5. The maximum absolute atomic E-state index is 5.66. The predicted molar refractivity (Wildman–Crippen MR) is 70.0 cm³/mol. The lowest BCUT2D eigenvalue weighted by molar-refractivity contribution is 0.112. The van der Waals surface area contributed by atoms with Crippen molar-refractivity contribution in [1.29, 1.82) is 0 Å². The van der Waals surface area contributed by atoms with Crippen LogP contribution in [0.3, 0.4) is 0 Å². The smallest absolute Gasteiger partial charge is 0.0884 e. The molecular weight excluding hydrogens is 214 g/mol. The first-order valence-corrected chi connectivity index (χ1v) is 6.48. The number of aromatic nitrogens is 2. The lowest BCUT2D eigenvalue weighted by atomic mass is 10.3. The average Bonchev–Trinajstić information content (AvgIpc) is 2.63. The third-order valence-corrected chi connectivity index (χ3v) is 2.55. The second-order valence-electron chi connectivity index (χ2n) is 4.61. The van der Waals surface area contributed by atoms with Gasteiger partial charge in [-0.15, -0.1) is 0 Å². The van der Waals surface area contributed by atoms with E-state index in [1.54, 1.807) is 0 Å². The van der Waals surface area contributed by atoms with E-state index in [2.05, 4.69) is 37.3 Å². The molecule has 1 aromatic heterocycles. The predicted octanol–water partition coefficient (Wildman–Crippen LogP) is 2.12. The van der Waals surface area contributed by atoms with Gasteiger partial charge >= 0.3 is 0 Å². The first-order valence-electron chi connectivity index (χ1n) is 6.48. The van der Waals surface area contributed by atoms with Crippen LogP contribution in [0.5, 0.6) is 0 Å². The number of ether oxygens (including phenoxy) is 1. The van der Waals surface area contributed by atoms with Gasteiger partial charge in [0.15, 0.2) is 0 Å². The van der Waals surface area contributed by atoms with Crippen molar-refractivity contribution in [2.75, 3.05) is 13.2 Å². The van der Waals surface area contributed by atoms with Gasteiger partial charge in [-0.1, -0.05) is 13.8 Å². The number of aryl methyl sites for hydroxylation is 2. The third kappa shape index (κ3) is 5.33. The summed E-state index contributed by atoms with van der Waals surface area (Å²) in [5.74, 6) is 0. The second kappa shape index (κ2) is 7.45. The zero-order valence-corrected chi connectivity index (χ0v) is 11.5. The van der Waals surface area contributed by atoms with E-state index in [0.29, 0.717) is 12.6 Å². The van der Waals surface area contributed by atoms with Crippen molar-refractivity contribution in [1.82, 2.24) is 15.1 Å². The summed E-state index contributed by atoms with van der Waals surface area (Å²) in [4.78, 5) is 0. The monoisotopic (exact) mass is 239 g/mol. The molecule has 0 aliphatic carbocycles. The van der Waals surface area contributed by atoms with Crippen molar-refractivity contribution >= 4 is 0 Å². The molecular formula is C13H25N3O. The van der Waals surface area contributed by atoms with E-state index in [-0.39, 0.29) is 0 Å². The standard InChI is InChI=1S/C13H25N3O/c1-5-16-13(9-12(4)15-16)10-17-8-6-7-14-11(2)3/h9,11,14H,5-8,10H2,1-4H3. The van der Waals surface area contributed by atoms with Crippen molar-refractivity contribution in [3.8, 4) is 0 Å². The highest BCUT2D eigenvalue weighted by Crippen LogP contribution is 2.05. The Balaban J connectivity index is 2.17. The molecule has 4 nitrogen and oxygen atoms in total. The highest BCUT2D eigenvalue weighted by atomic mass is 16.5. The van der Waals surface area contributed by atoms with Crippen molar-refractivity contribution in [2.24, 2.45) is 0 Å². The summed E-state index contributed by atoms with van der Waals surface area (Å²) in [5.41, 5.74) is 2.23. The molecule has 0 amide bonds. The molecule has 1 aromatic rings. The van der Waals surface area contributed by atoms with Crippen LogP contribution in [0.15, 0.2) is 6.07 Å². The summed E-state index contributed by atoms with van der Waals surface area (Å²) in [6.45, 7) is 11.8. The molecule has 0 aliphatic rings. The molecule has 0 atom stereocenters. The topological polar surface area (TPSA) is 39.1 Å². The van der Waals surface area contributed by atoms with Gasteiger partial charge < -0.3 is 10.1 Å². The summed E-state index contributed by atoms with van der Waals surface area (Å²) < 4.78 is 7.66. The third-order valence-electron chi connectivity index (χ3n) is 2.55. The van der Waals surface area contributed by atoms with Gasteiger partial charge in [0, 0.05) is 19.2 Å². The van der Waals surface area contributed by atoms with E-state index in [1.165, 1.54) is 5.69 Å². The quantitative estimate of drug-likeness (QED) is 0.706. The molecule has 0 saturated carbocycles. The molecule has 0 aromatic carbocycles. The summed E-state index contributed by atoms with van der Waals surface area (Å²) >= 11 is 0. The Morgan fingerprint density at radius 3 is 2.88 bits per heavy atom. The van der Waals surface area contributed by atoms with Crippen LogP contribution in [0.2, 0.25) is 0 Å². The molecule has 0 spiro atoms. The Morgan fingerprint density at radius 1 is 1.47 bits per heavy atom. The maximum Gasteiger partial charge on any atom is 0.0884 e. The first-order chi connectivity index (χ1) is 8.13. The Morgan fingerprint density at radius 2 is 2.24 bits per heavy atom. The van der Waals surface area contributed by atoms with Crippen LogP contribution >= 0.6 is 0 Å². The van der Waals surface area contributed by atoms with E-state index >= 15 is 0 Å². The van der Waals surface area contributed by atoms with E-state index in [0.717, 1.165) is 31.8 Å². The molecule has 0 unspecified atom stereocenters. The minimum absolute atomic E-state index is 0.555. The largest absolute Gasteiger partial charge is 0.375 e. The minimum atomic E-state index is 0.555. The lowest BCUT2D eigenvalue weighted by Crippen LogP contribution is -2.24. The van der Waals surface area contributed by atoms with Crippen LogP contribution in [0, 0.1) is 6.92 Å². The lowest BCUT2D eigenvalue weighted by Gasteiger charge is -2.08. The molecule has 0 saturated heterocycles. The summed E-state index contributed by atoms with van der Waals surface area (Å²) in [7, 11) is 0. The molecule has 0 bridgehead atoms. The van der Waals surface area contributed by atoms with Crippen LogP contribution in [-0.4, -0.2) is 29.0 Å². The number of rotatable bonds is 8. The fourth-order valence-corrected chi connectivity index (χ4v) is 1.73. The minimum Gasteiger partial charge on any atom is -0.375 e. The van der Waals surface area contributed by atoms with Crippen molar-refractivity contribution in [3.63, 3.8) is 0 Å². The molecule has 1 rings (SSSR count). The van der Waals surface area contributed by atoms with Gasteiger partial charge in [0.1, 0.15) is 0 Å². The molecule has 0 aliphatic heterocycles. The van der Waals surface area contributed by atoms with E-state index in [9.17, 15) is 0 Å². The molecule has 0 radical (unpaired) electrons. The second-order valence-corrected chi connectivity index (χ2v) is 4.61. The Hall–Kier alpha value is -0.870. The molecule has 4 heteroatoms. The molecule has 98 valence electrons. The van der Waals surface area contributed by atoms with Gasteiger partial charge in [0.2, 0.25) is 0 Å². The number of hydrogen-bond donors (Lipinski definition) is 1. The van der Waals surface area contributed by atoms with Gasteiger partial charge in [-0.2, -0.15) is 5.10 Å². The van der Waals surface area contributed by atoms with Gasteiger partial charge in [-0.25, -0.2) is 0 Å². The summed E-state index contributed by atoms with van der Waals surface area (Å²) in [6.07, 6.45) is 1.05. The average molecular weight is 239 g/mol. The highest BCUT2D eigenvalue weighted by molar-refractivity contribution is 5.07. The van der Waals surface area contributed by atoms with Gasteiger partial charge in [-0.3, -0.25) is 4.68 Å². The van der Waals surface area contributed by atoms with Gasteiger partial charge in [0.25, 0.3) is 0 Å². The van der Waals surface area contributed by atoms with Crippen molar-refractivity contribution < 1.29 is 4.74 Å². The fourth-order valence-electron chi connectivity index (χ4n) is 1.73. The molecule has 17 heavy (non-hydrogen) atoms. The fraction of sp³-hybridized carbons (Fsp3) is 0.769. The molecule has 1 N–H and O–H groups in total. The van der Waals surface area contributed by atoms with Crippen LogP contribution in [0.4, 0.5) is 0 Å². The highest BCUT2D eigenvalue weighted by Gasteiger charge is 2.03. The van der Waals surface area contributed by atoms with E-state index in [4.69, 9.17) is 4.74 Å². The molecule has 1 heterocycles. The Bertz CT molecular complexity index is 320. The molecule has 0 fully saturated rings. The van der Waals surface area contributed by atoms with Crippen molar-refractivity contribution in [2.45, 2.75) is 53.3 Å². The number of nitrogens with one attached hydrogen (secondary N) is 1. The SMILES string of the molecule is CCn1nc(C)cc1COCCCNC(C)C. The number of nitrogens with zero attached hydrogens (tertiary/aromatic N) is 2. The van der Waals surface area contributed by atoms with Gasteiger partial charge in [-0.05, 0) is 32.9 Å². The Labute approximate surface area is 104 Å². The van der Waals surface area contributed by atoms with Crippen LogP contribution in [0.25, 0.3) is 0 Å². The van der Waals surface area contributed by atoms with Crippen LogP contribution in [0.1, 0.15) is 38.6 Å².